The van der Waals surface area contributed by atoms with Crippen molar-refractivity contribution in [1.82, 2.24) is 9.97 Å². The van der Waals surface area contributed by atoms with Crippen molar-refractivity contribution in [2.24, 2.45) is 0 Å². The maximum absolute atomic E-state index is 12.9. The van der Waals surface area contributed by atoms with Gasteiger partial charge < -0.3 is 5.32 Å². The number of rotatable bonds is 3. The van der Waals surface area contributed by atoms with Crippen molar-refractivity contribution in [2.75, 3.05) is 5.32 Å². The maximum atomic E-state index is 12.9. The van der Waals surface area contributed by atoms with Crippen LogP contribution in [0.1, 0.15) is 16.2 Å². The van der Waals surface area contributed by atoms with Crippen molar-refractivity contribution in [3.05, 3.63) is 78.0 Å². The van der Waals surface area contributed by atoms with Crippen LogP contribution in [0.5, 0.6) is 0 Å². The third-order valence-electron chi connectivity index (χ3n) is 3.32. The summed E-state index contributed by atoms with van der Waals surface area (Å²) in [5.41, 5.74) is 2.83. The van der Waals surface area contributed by atoms with Gasteiger partial charge in [-0.3, -0.25) is 4.79 Å². The fourth-order valence-electron chi connectivity index (χ4n) is 2.15. The fourth-order valence-corrected chi connectivity index (χ4v) is 2.15. The van der Waals surface area contributed by atoms with Crippen LogP contribution in [0.3, 0.4) is 0 Å². The monoisotopic (exact) mass is 307 g/mol. The average molecular weight is 307 g/mol. The normalized spacial score (nSPS) is 10.3. The molecule has 1 amide bonds. The largest absolute Gasteiger partial charge is 0.322 e. The molecule has 4 nitrogen and oxygen atoms in total. The van der Waals surface area contributed by atoms with Crippen LogP contribution in [0.4, 0.5) is 10.1 Å². The minimum absolute atomic E-state index is 0.282. The summed E-state index contributed by atoms with van der Waals surface area (Å²) in [6.07, 6.45) is 1.71. The predicted octanol–water partition coefficient (Wildman–Crippen LogP) is 3.84. The summed E-state index contributed by atoms with van der Waals surface area (Å²) < 4.78 is 12.9. The standard InChI is InChI=1S/C18H14FN3O/c1-12-20-11-10-17(21-12)13-4-8-16(9-5-13)22-18(23)14-2-6-15(19)7-3-14/h2-11H,1H3,(H,22,23). The van der Waals surface area contributed by atoms with E-state index in [0.717, 1.165) is 11.3 Å². The van der Waals surface area contributed by atoms with E-state index in [1.54, 1.807) is 18.3 Å². The SMILES string of the molecule is Cc1nccc(-c2ccc(NC(=O)c3ccc(F)cc3)cc2)n1. The quantitative estimate of drug-likeness (QED) is 0.799. The minimum Gasteiger partial charge on any atom is -0.322 e. The summed E-state index contributed by atoms with van der Waals surface area (Å²) in [5, 5.41) is 2.77. The molecule has 0 aliphatic carbocycles. The van der Waals surface area contributed by atoms with Gasteiger partial charge in [0.05, 0.1) is 5.69 Å². The number of aryl methyl sites for hydroxylation is 1. The molecule has 0 radical (unpaired) electrons. The van der Waals surface area contributed by atoms with Gasteiger partial charge in [0.25, 0.3) is 5.91 Å². The van der Waals surface area contributed by atoms with Crippen LogP contribution in [0.25, 0.3) is 11.3 Å². The first-order valence-corrected chi connectivity index (χ1v) is 7.09. The molecule has 0 spiro atoms. The zero-order valence-corrected chi connectivity index (χ0v) is 12.5. The van der Waals surface area contributed by atoms with Crippen LogP contribution in [0.15, 0.2) is 60.8 Å². The Balaban J connectivity index is 1.75. The molecular weight excluding hydrogens is 293 g/mol. The lowest BCUT2D eigenvalue weighted by Crippen LogP contribution is -2.11. The highest BCUT2D eigenvalue weighted by molar-refractivity contribution is 6.04. The molecule has 0 aliphatic rings. The molecule has 0 atom stereocenters. The van der Waals surface area contributed by atoms with Crippen molar-refractivity contribution in [1.29, 1.82) is 0 Å². The topological polar surface area (TPSA) is 54.9 Å². The zero-order chi connectivity index (χ0) is 16.2. The maximum Gasteiger partial charge on any atom is 0.255 e. The van der Waals surface area contributed by atoms with Gasteiger partial charge in [0.2, 0.25) is 0 Å². The van der Waals surface area contributed by atoms with Gasteiger partial charge in [0.15, 0.2) is 0 Å². The van der Waals surface area contributed by atoms with Crippen molar-refractivity contribution in [2.45, 2.75) is 6.92 Å². The molecule has 0 bridgehead atoms. The second-order valence-corrected chi connectivity index (χ2v) is 5.03. The van der Waals surface area contributed by atoms with E-state index in [9.17, 15) is 9.18 Å². The van der Waals surface area contributed by atoms with Crippen molar-refractivity contribution >= 4 is 11.6 Å². The molecule has 3 aromatic rings. The second kappa shape index (κ2) is 6.36. The van der Waals surface area contributed by atoms with E-state index in [2.05, 4.69) is 15.3 Å². The average Bonchev–Trinajstić information content (AvgIpc) is 2.56. The molecule has 1 N–H and O–H groups in total. The number of carbonyl (C=O) groups excluding carboxylic acids is 1. The van der Waals surface area contributed by atoms with E-state index < -0.39 is 0 Å². The molecule has 0 saturated carbocycles. The Kier molecular flexibility index (Phi) is 4.10. The lowest BCUT2D eigenvalue weighted by molar-refractivity contribution is 0.102. The van der Waals surface area contributed by atoms with Crippen LogP contribution in [-0.4, -0.2) is 15.9 Å². The van der Waals surface area contributed by atoms with Crippen LogP contribution in [0.2, 0.25) is 0 Å². The third kappa shape index (κ3) is 3.58. The van der Waals surface area contributed by atoms with Gasteiger partial charge in [0, 0.05) is 23.0 Å². The Morgan fingerprint density at radius 3 is 2.35 bits per heavy atom. The van der Waals surface area contributed by atoms with Gasteiger partial charge in [-0.15, -0.1) is 0 Å². The van der Waals surface area contributed by atoms with Gasteiger partial charge >= 0.3 is 0 Å². The van der Waals surface area contributed by atoms with E-state index in [0.29, 0.717) is 17.1 Å². The molecule has 0 unspecified atom stereocenters. The first-order chi connectivity index (χ1) is 11.1. The highest BCUT2D eigenvalue weighted by Gasteiger charge is 2.07. The van der Waals surface area contributed by atoms with Gasteiger partial charge in [-0.1, -0.05) is 12.1 Å². The number of anilines is 1. The number of hydrogen-bond donors (Lipinski definition) is 1. The molecule has 2 aromatic carbocycles. The van der Waals surface area contributed by atoms with E-state index in [-0.39, 0.29) is 11.7 Å². The molecule has 0 aliphatic heterocycles. The fraction of sp³-hybridized carbons (Fsp3) is 0.0556. The lowest BCUT2D eigenvalue weighted by atomic mass is 10.1. The summed E-state index contributed by atoms with van der Waals surface area (Å²) in [4.78, 5) is 20.5. The van der Waals surface area contributed by atoms with Crippen molar-refractivity contribution in [3.63, 3.8) is 0 Å². The summed E-state index contributed by atoms with van der Waals surface area (Å²) >= 11 is 0. The number of aromatic nitrogens is 2. The van der Waals surface area contributed by atoms with Gasteiger partial charge in [-0.05, 0) is 49.4 Å². The molecule has 5 heteroatoms. The number of hydrogen-bond acceptors (Lipinski definition) is 3. The van der Waals surface area contributed by atoms with Crippen LogP contribution >= 0.6 is 0 Å². The summed E-state index contributed by atoms with van der Waals surface area (Å²) in [6.45, 7) is 1.83. The summed E-state index contributed by atoms with van der Waals surface area (Å²) in [5.74, 6) is 0.0536. The molecular formula is C18H14FN3O. The molecule has 1 aromatic heterocycles. The second-order valence-electron chi connectivity index (χ2n) is 5.03. The predicted molar refractivity (Wildman–Crippen MR) is 86.6 cm³/mol. The van der Waals surface area contributed by atoms with Crippen LogP contribution in [-0.2, 0) is 0 Å². The van der Waals surface area contributed by atoms with Gasteiger partial charge in [0.1, 0.15) is 11.6 Å². The first-order valence-electron chi connectivity index (χ1n) is 7.09. The minimum atomic E-state index is -0.369. The number of carbonyl (C=O) groups is 1. The van der Waals surface area contributed by atoms with E-state index >= 15 is 0 Å². The zero-order valence-electron chi connectivity index (χ0n) is 12.5. The van der Waals surface area contributed by atoms with E-state index in [1.807, 2.05) is 25.1 Å². The Labute approximate surface area is 133 Å². The van der Waals surface area contributed by atoms with Gasteiger partial charge in [-0.25, -0.2) is 14.4 Å². The molecule has 0 saturated heterocycles. The Bertz CT molecular complexity index is 830. The Morgan fingerprint density at radius 2 is 1.70 bits per heavy atom. The van der Waals surface area contributed by atoms with Crippen molar-refractivity contribution in [3.8, 4) is 11.3 Å². The van der Waals surface area contributed by atoms with Crippen LogP contribution in [0, 0.1) is 12.7 Å². The van der Waals surface area contributed by atoms with Crippen molar-refractivity contribution < 1.29 is 9.18 Å². The van der Waals surface area contributed by atoms with Gasteiger partial charge in [-0.2, -0.15) is 0 Å². The molecule has 3 rings (SSSR count). The molecule has 0 fully saturated rings. The molecule has 1 heterocycles. The lowest BCUT2D eigenvalue weighted by Gasteiger charge is -2.07. The van der Waals surface area contributed by atoms with E-state index in [4.69, 9.17) is 0 Å². The highest BCUT2D eigenvalue weighted by atomic mass is 19.1. The van der Waals surface area contributed by atoms with E-state index in [1.165, 1.54) is 24.3 Å². The summed E-state index contributed by atoms with van der Waals surface area (Å²) in [6, 6.07) is 14.6. The number of nitrogens with one attached hydrogen (secondary N) is 1. The molecule has 23 heavy (non-hydrogen) atoms. The number of benzene rings is 2. The Hall–Kier alpha value is -3.08. The first kappa shape index (κ1) is 14.8. The summed E-state index contributed by atoms with van der Waals surface area (Å²) in [7, 11) is 0. The van der Waals surface area contributed by atoms with Crippen LogP contribution < -0.4 is 5.32 Å². The Morgan fingerprint density at radius 1 is 1.00 bits per heavy atom. The smallest absolute Gasteiger partial charge is 0.255 e. The number of amides is 1. The number of nitrogens with zero attached hydrogens (tertiary/aromatic N) is 2. The number of halogens is 1. The molecule has 114 valence electrons. The third-order valence-corrected chi connectivity index (χ3v) is 3.32. The highest BCUT2D eigenvalue weighted by Crippen LogP contribution is 2.19.